The maximum absolute atomic E-state index is 13.0. The third-order valence-electron chi connectivity index (χ3n) is 5.98. The number of nitrogens with one attached hydrogen (secondary N) is 2. The number of hydrogen-bond donors (Lipinski definition) is 2. The number of anilines is 1. The fraction of sp³-hybridized carbons (Fsp3) is 0.417. The SMILES string of the molecule is CC(C)Nc1cc(-n2ccc3cc(C(F)(F)F)cnc32)ncc1C(=O)NC1CCC(C=O)CC1. The molecular weight excluding hydrogens is 447 g/mol. The van der Waals surface area contributed by atoms with Crippen LogP contribution in [0.15, 0.2) is 36.8 Å². The Kier molecular flexibility index (Phi) is 6.58. The van der Waals surface area contributed by atoms with Crippen LogP contribution < -0.4 is 10.6 Å². The van der Waals surface area contributed by atoms with Crippen LogP contribution in [0.5, 0.6) is 0 Å². The molecule has 3 aromatic rings. The first-order valence-corrected chi connectivity index (χ1v) is 11.2. The second-order valence-corrected chi connectivity index (χ2v) is 8.93. The summed E-state index contributed by atoms with van der Waals surface area (Å²) in [6.45, 7) is 3.88. The maximum Gasteiger partial charge on any atom is 0.417 e. The Hall–Kier alpha value is -3.43. The van der Waals surface area contributed by atoms with E-state index in [1.807, 2.05) is 13.8 Å². The molecule has 1 fully saturated rings. The number of rotatable bonds is 6. The largest absolute Gasteiger partial charge is 0.417 e. The molecule has 1 aliphatic carbocycles. The number of aldehydes is 1. The van der Waals surface area contributed by atoms with E-state index in [1.54, 1.807) is 22.9 Å². The van der Waals surface area contributed by atoms with Crippen LogP contribution >= 0.6 is 0 Å². The molecule has 4 rings (SSSR count). The fourth-order valence-electron chi connectivity index (χ4n) is 4.21. The summed E-state index contributed by atoms with van der Waals surface area (Å²) in [4.78, 5) is 32.4. The van der Waals surface area contributed by atoms with Crippen molar-refractivity contribution in [1.29, 1.82) is 0 Å². The third-order valence-corrected chi connectivity index (χ3v) is 5.98. The maximum atomic E-state index is 13.0. The summed E-state index contributed by atoms with van der Waals surface area (Å²) in [6, 6.07) is 4.31. The first-order chi connectivity index (χ1) is 16.2. The molecule has 3 aromatic heterocycles. The lowest BCUT2D eigenvalue weighted by Crippen LogP contribution is -2.38. The number of aromatic nitrogens is 3. The fourth-order valence-corrected chi connectivity index (χ4v) is 4.21. The zero-order valence-corrected chi connectivity index (χ0v) is 18.9. The van der Waals surface area contributed by atoms with E-state index in [1.165, 1.54) is 6.20 Å². The van der Waals surface area contributed by atoms with Gasteiger partial charge in [0, 0.05) is 48.0 Å². The monoisotopic (exact) mass is 473 g/mol. The van der Waals surface area contributed by atoms with Crippen molar-refractivity contribution in [3.63, 3.8) is 0 Å². The second-order valence-electron chi connectivity index (χ2n) is 8.93. The smallest absolute Gasteiger partial charge is 0.382 e. The Morgan fingerprint density at radius 2 is 1.88 bits per heavy atom. The Labute approximate surface area is 194 Å². The average molecular weight is 473 g/mol. The highest BCUT2D eigenvalue weighted by molar-refractivity contribution is 5.99. The van der Waals surface area contributed by atoms with E-state index in [0.29, 0.717) is 28.1 Å². The molecule has 0 radical (unpaired) electrons. The molecule has 0 spiro atoms. The molecule has 1 saturated carbocycles. The van der Waals surface area contributed by atoms with Gasteiger partial charge in [0.2, 0.25) is 0 Å². The van der Waals surface area contributed by atoms with Gasteiger partial charge in [0.05, 0.1) is 16.8 Å². The molecule has 1 aliphatic rings. The van der Waals surface area contributed by atoms with Gasteiger partial charge in [0.1, 0.15) is 17.8 Å². The van der Waals surface area contributed by atoms with E-state index < -0.39 is 11.7 Å². The van der Waals surface area contributed by atoms with Crippen molar-refractivity contribution < 1.29 is 22.8 Å². The van der Waals surface area contributed by atoms with Gasteiger partial charge < -0.3 is 15.4 Å². The van der Waals surface area contributed by atoms with Gasteiger partial charge in [-0.1, -0.05) is 0 Å². The first-order valence-electron chi connectivity index (χ1n) is 11.2. The number of nitrogens with zero attached hydrogens (tertiary/aromatic N) is 3. The van der Waals surface area contributed by atoms with Crippen LogP contribution in [0, 0.1) is 5.92 Å². The van der Waals surface area contributed by atoms with Crippen molar-refractivity contribution in [2.45, 2.75) is 57.8 Å². The van der Waals surface area contributed by atoms with Gasteiger partial charge >= 0.3 is 6.18 Å². The van der Waals surface area contributed by atoms with Crippen molar-refractivity contribution >= 4 is 28.9 Å². The summed E-state index contributed by atoms with van der Waals surface area (Å²) in [5, 5.41) is 6.63. The minimum atomic E-state index is -4.47. The second kappa shape index (κ2) is 9.44. The molecule has 10 heteroatoms. The molecule has 0 unspecified atom stereocenters. The molecule has 2 N–H and O–H groups in total. The van der Waals surface area contributed by atoms with Crippen molar-refractivity contribution in [2.24, 2.45) is 5.92 Å². The number of fused-ring (bicyclic) bond motifs is 1. The van der Waals surface area contributed by atoms with Gasteiger partial charge in [-0.15, -0.1) is 0 Å². The van der Waals surface area contributed by atoms with Gasteiger partial charge in [-0.3, -0.25) is 9.36 Å². The predicted octanol–water partition coefficient (Wildman–Crippen LogP) is 4.75. The standard InChI is InChI=1S/C24H26F3N5O2/c1-14(2)30-20-10-21(32-8-7-16-9-17(24(25,26)27)11-29-22(16)32)28-12-19(20)23(34)31-18-5-3-15(13-33)4-6-18/h7-15,18H,3-6H2,1-2H3,(H,28,30)(H,31,34). The molecule has 180 valence electrons. The summed E-state index contributed by atoms with van der Waals surface area (Å²) < 4.78 is 40.7. The lowest BCUT2D eigenvalue weighted by molar-refractivity contribution is -0.137. The number of carbonyl (C=O) groups is 2. The van der Waals surface area contributed by atoms with Crippen LogP contribution in [-0.2, 0) is 11.0 Å². The highest BCUT2D eigenvalue weighted by Crippen LogP contribution is 2.31. The summed E-state index contributed by atoms with van der Waals surface area (Å²) in [5.41, 5.74) is 0.453. The van der Waals surface area contributed by atoms with E-state index in [9.17, 15) is 22.8 Å². The van der Waals surface area contributed by atoms with Crippen LogP contribution in [0.3, 0.4) is 0 Å². The van der Waals surface area contributed by atoms with Gasteiger partial charge in [0.25, 0.3) is 5.91 Å². The van der Waals surface area contributed by atoms with Crippen molar-refractivity contribution in [1.82, 2.24) is 19.9 Å². The highest BCUT2D eigenvalue weighted by atomic mass is 19.4. The molecular formula is C24H26F3N5O2. The van der Waals surface area contributed by atoms with Crippen LogP contribution in [-0.4, -0.2) is 38.8 Å². The summed E-state index contributed by atoms with van der Waals surface area (Å²) in [5.74, 6) is 0.222. The topological polar surface area (TPSA) is 88.9 Å². The van der Waals surface area contributed by atoms with E-state index in [0.717, 1.165) is 44.2 Å². The minimum Gasteiger partial charge on any atom is -0.382 e. The van der Waals surface area contributed by atoms with E-state index in [2.05, 4.69) is 20.6 Å². The normalized spacial score (nSPS) is 18.8. The number of halogens is 3. The summed E-state index contributed by atoms with van der Waals surface area (Å²) in [7, 11) is 0. The summed E-state index contributed by atoms with van der Waals surface area (Å²) in [6.07, 6.45) is 3.37. The van der Waals surface area contributed by atoms with Crippen molar-refractivity contribution in [2.75, 3.05) is 5.32 Å². The van der Waals surface area contributed by atoms with Crippen LogP contribution in [0.1, 0.15) is 55.5 Å². The Balaban J connectivity index is 1.62. The number of amides is 1. The predicted molar refractivity (Wildman–Crippen MR) is 122 cm³/mol. The Bertz CT molecular complexity index is 1200. The number of carbonyl (C=O) groups excluding carboxylic acids is 2. The molecule has 0 atom stereocenters. The molecule has 1 amide bonds. The Morgan fingerprint density at radius 1 is 1.15 bits per heavy atom. The molecule has 0 saturated heterocycles. The van der Waals surface area contributed by atoms with E-state index >= 15 is 0 Å². The van der Waals surface area contributed by atoms with Gasteiger partial charge in [-0.2, -0.15) is 13.2 Å². The number of alkyl halides is 3. The summed E-state index contributed by atoms with van der Waals surface area (Å²) >= 11 is 0. The third kappa shape index (κ3) is 5.05. The lowest BCUT2D eigenvalue weighted by atomic mass is 9.87. The van der Waals surface area contributed by atoms with Crippen molar-refractivity contribution in [3.8, 4) is 5.82 Å². The van der Waals surface area contributed by atoms with E-state index in [-0.39, 0.29) is 23.9 Å². The van der Waals surface area contributed by atoms with Crippen LogP contribution in [0.25, 0.3) is 16.9 Å². The van der Waals surface area contributed by atoms with Gasteiger partial charge in [0.15, 0.2) is 0 Å². The van der Waals surface area contributed by atoms with E-state index in [4.69, 9.17) is 0 Å². The minimum absolute atomic E-state index is 0.00398. The molecule has 3 heterocycles. The first kappa shape index (κ1) is 23.7. The molecule has 0 bridgehead atoms. The van der Waals surface area contributed by atoms with Crippen molar-refractivity contribution in [3.05, 3.63) is 47.9 Å². The van der Waals surface area contributed by atoms with Crippen LogP contribution in [0.4, 0.5) is 18.9 Å². The highest BCUT2D eigenvalue weighted by Gasteiger charge is 2.31. The quantitative estimate of drug-likeness (QED) is 0.505. The zero-order valence-electron chi connectivity index (χ0n) is 18.9. The number of pyridine rings is 2. The van der Waals surface area contributed by atoms with Gasteiger partial charge in [-0.05, 0) is 51.7 Å². The average Bonchev–Trinajstić information content (AvgIpc) is 3.22. The number of hydrogen-bond acceptors (Lipinski definition) is 5. The van der Waals surface area contributed by atoms with Gasteiger partial charge in [-0.25, -0.2) is 9.97 Å². The molecule has 0 aliphatic heterocycles. The Morgan fingerprint density at radius 3 is 2.53 bits per heavy atom. The molecule has 7 nitrogen and oxygen atoms in total. The lowest BCUT2D eigenvalue weighted by Gasteiger charge is -2.26. The molecule has 34 heavy (non-hydrogen) atoms. The molecule has 0 aromatic carbocycles. The zero-order chi connectivity index (χ0) is 24.5. The van der Waals surface area contributed by atoms with Crippen LogP contribution in [0.2, 0.25) is 0 Å².